The van der Waals surface area contributed by atoms with Gasteiger partial charge in [-0.2, -0.15) is 0 Å². The minimum Gasteiger partial charge on any atom is -0.480 e. The van der Waals surface area contributed by atoms with Crippen LogP contribution in [0, 0.1) is 45.3 Å². The Kier molecular flexibility index (Phi) is 19.4. The highest BCUT2D eigenvalue weighted by Gasteiger charge is 2.71. The number of amides is 9. The van der Waals surface area contributed by atoms with Crippen LogP contribution in [0.5, 0.6) is 0 Å². The zero-order valence-corrected chi connectivity index (χ0v) is 53.6. The van der Waals surface area contributed by atoms with Crippen molar-refractivity contribution in [1.82, 2.24) is 45.8 Å². The molecule has 2 aromatic carbocycles. The summed E-state index contributed by atoms with van der Waals surface area (Å²) in [6.07, 6.45) is 1.63. The molecule has 2 heterocycles. The first-order valence-electron chi connectivity index (χ1n) is 28.1. The van der Waals surface area contributed by atoms with E-state index < -0.39 is 113 Å². The van der Waals surface area contributed by atoms with Gasteiger partial charge >= 0.3 is 18.0 Å². The molecular formula is C58H89ClN10O13S2. The quantitative estimate of drug-likeness (QED) is 0.132. The van der Waals surface area contributed by atoms with Crippen molar-refractivity contribution < 1.29 is 60.3 Å². The average molecular weight is 1230 g/mol. The van der Waals surface area contributed by atoms with E-state index in [-0.39, 0.29) is 81.4 Å². The third kappa shape index (κ3) is 15.7. The maximum absolute atomic E-state index is 14.0. The molecule has 4 saturated carbocycles. The lowest BCUT2D eigenvalue weighted by Crippen LogP contribution is -2.62. The Morgan fingerprint density at radius 2 is 0.905 bits per heavy atom. The first-order chi connectivity index (χ1) is 37.7. The highest BCUT2D eigenvalue weighted by atomic mass is 35.5. The Balaban J connectivity index is 0.000000255. The van der Waals surface area contributed by atoms with Crippen molar-refractivity contribution in [2.24, 2.45) is 51.1 Å². The Morgan fingerprint density at radius 3 is 1.23 bits per heavy atom. The Hall–Kier alpha value is -6.05. The number of carbonyl (C=O) groups excluding carboxylic acids is 7. The van der Waals surface area contributed by atoms with Crippen LogP contribution in [0.25, 0.3) is 0 Å². The lowest BCUT2D eigenvalue weighted by molar-refractivity contribution is -0.152. The van der Waals surface area contributed by atoms with E-state index in [1.807, 2.05) is 102 Å². The Bertz CT molecular complexity index is 3090. The molecule has 468 valence electrons. The highest BCUT2D eigenvalue weighted by Crippen LogP contribution is 2.66. The van der Waals surface area contributed by atoms with Crippen LogP contribution in [0.3, 0.4) is 0 Å². The molecule has 6 fully saturated rings. The number of carbonyl (C=O) groups is 8. The maximum atomic E-state index is 14.0. The summed E-state index contributed by atoms with van der Waals surface area (Å²) < 4.78 is 53.0. The Labute approximate surface area is 501 Å². The van der Waals surface area contributed by atoms with Gasteiger partial charge in [0, 0.05) is 30.1 Å². The minimum absolute atomic E-state index is 0. The van der Waals surface area contributed by atoms with Crippen LogP contribution < -0.4 is 41.8 Å². The summed E-state index contributed by atoms with van der Waals surface area (Å²) in [6.45, 7) is 31.2. The van der Waals surface area contributed by atoms with Gasteiger partial charge in [0.05, 0.1) is 15.3 Å². The van der Waals surface area contributed by atoms with E-state index in [1.165, 1.54) is 34.1 Å². The van der Waals surface area contributed by atoms with Gasteiger partial charge in [0.15, 0.2) is 0 Å². The molecule has 2 saturated heterocycles. The molecule has 10 N–H and O–H groups in total. The lowest BCUT2D eigenvalue weighted by atomic mass is 9.85. The average Bonchev–Trinajstić information content (AvgIpc) is 1.93. The number of halogens is 1. The normalized spacial score (nSPS) is 24.2. The number of likely N-dealkylation sites (tertiary alicyclic amines) is 2. The number of sulfonamides is 2. The molecule has 8 atom stereocenters. The maximum Gasteiger partial charge on any atom is 0.326 e. The second kappa shape index (κ2) is 23.7. The van der Waals surface area contributed by atoms with Gasteiger partial charge in [-0.1, -0.05) is 106 Å². The fraction of sp³-hybridized carbons (Fsp3) is 0.655. The summed E-state index contributed by atoms with van der Waals surface area (Å²) in [5.41, 5.74) is 0.888. The topological polar surface area (TPSA) is 342 Å². The summed E-state index contributed by atoms with van der Waals surface area (Å²) in [5, 5.41) is 23.7. The number of rotatable bonds is 13. The van der Waals surface area contributed by atoms with Crippen molar-refractivity contribution in [3.8, 4) is 0 Å². The summed E-state index contributed by atoms with van der Waals surface area (Å²) in [5.74, 6) is -3.43. The van der Waals surface area contributed by atoms with Gasteiger partial charge in [-0.15, -0.1) is 12.4 Å². The molecule has 0 aromatic heterocycles. The summed E-state index contributed by atoms with van der Waals surface area (Å²) in [6, 6.07) is 11.0. The number of hydrogen-bond acceptors (Lipinski definition) is 13. The van der Waals surface area contributed by atoms with Gasteiger partial charge in [0.2, 0.25) is 17.7 Å². The molecule has 6 aliphatic rings. The van der Waals surface area contributed by atoms with E-state index in [9.17, 15) is 60.3 Å². The molecule has 2 aromatic rings. The van der Waals surface area contributed by atoms with E-state index in [0.717, 1.165) is 0 Å². The van der Waals surface area contributed by atoms with Gasteiger partial charge in [-0.3, -0.25) is 24.0 Å². The van der Waals surface area contributed by atoms with Crippen LogP contribution in [0.2, 0.25) is 0 Å². The molecule has 23 nitrogen and oxygen atoms in total. The van der Waals surface area contributed by atoms with Gasteiger partial charge in [-0.05, 0) is 131 Å². The molecule has 5 unspecified atom stereocenters. The third-order valence-electron chi connectivity index (χ3n) is 16.6. The van der Waals surface area contributed by atoms with Crippen molar-refractivity contribution in [3.63, 3.8) is 0 Å². The van der Waals surface area contributed by atoms with Gasteiger partial charge in [0.1, 0.15) is 29.7 Å². The largest absolute Gasteiger partial charge is 0.480 e. The zero-order valence-electron chi connectivity index (χ0n) is 51.2. The predicted octanol–water partition coefficient (Wildman–Crippen LogP) is 4.61. The number of carboxylic acids is 1. The molecule has 0 bridgehead atoms. The van der Waals surface area contributed by atoms with E-state index in [2.05, 4.69) is 45.2 Å². The standard InChI is InChI=1S/C29H43N5O6S.C19H33N3O4.C10H12N2O3S.ClH/c1-26(2,3)21(30-25(38)32-27(4,5)6)23(36)34-16-18-19(28(18,7)8)20(34)22(35)31-29(14-15-29)24(37)33-41(39,40)17-12-10-9-11-13-17;1-17(2,3)13(20-16(26)21-18(4,5)6)14(23)22-9-10-11(19(10,7)8)12(22)15(24)25;11-10(6-7-10)9(13)12-16(14,15)8-4-2-1-3-5-8;/h9-13,18-21H,14-16H2,1-8H3,(H,31,35)(H,33,37)(H2,30,32,38);10-13H,9H2,1-8H3,(H,24,25)(H2,20,21,26);1-5H,6-7,11H2,(H,12,13);1H/t18?,19?,20?,21-;10?,11?,12-,13+;;/m10../s1. The van der Waals surface area contributed by atoms with Crippen molar-refractivity contribution in [2.75, 3.05) is 13.1 Å². The molecule has 4 aliphatic carbocycles. The van der Waals surface area contributed by atoms with Gasteiger partial charge < -0.3 is 47.2 Å². The minimum atomic E-state index is -4.12. The third-order valence-corrected chi connectivity index (χ3v) is 19.3. The fourth-order valence-corrected chi connectivity index (χ4v) is 13.4. The highest BCUT2D eigenvalue weighted by molar-refractivity contribution is 7.90. The predicted molar refractivity (Wildman–Crippen MR) is 317 cm³/mol. The number of urea groups is 2. The SMILES string of the molecule is CC(C)(C)NC(=O)N[C@H](C(=O)N1CC2C(C1C(=O)NC1(C(=O)NS(=O)(=O)c3ccccc3)CC1)C2(C)C)C(C)(C)C.CC(C)(C)NC(=O)N[C@H](C(=O)N1CC2C([C@H]1C(=O)O)C2(C)C)C(C)(C)C.Cl.NC1(C(=O)NS(=O)(=O)c2ccccc2)CC1. The van der Waals surface area contributed by atoms with Crippen LogP contribution in [-0.2, 0) is 48.8 Å². The summed E-state index contributed by atoms with van der Waals surface area (Å²) in [4.78, 5) is 106. The van der Waals surface area contributed by atoms with Crippen LogP contribution in [0.4, 0.5) is 9.59 Å². The molecule has 2 aliphatic heterocycles. The number of benzene rings is 2. The van der Waals surface area contributed by atoms with E-state index in [1.54, 1.807) is 36.4 Å². The number of piperidine rings is 2. The lowest BCUT2D eigenvalue weighted by Gasteiger charge is -2.38. The number of nitrogens with two attached hydrogens (primary N) is 1. The van der Waals surface area contributed by atoms with Gasteiger partial charge in [-0.25, -0.2) is 40.7 Å². The number of carboxylic acid groups (broad SMARTS) is 1. The summed E-state index contributed by atoms with van der Waals surface area (Å²) >= 11 is 0. The van der Waals surface area contributed by atoms with Crippen molar-refractivity contribution in [2.45, 2.75) is 193 Å². The second-order valence-electron chi connectivity index (χ2n) is 28.6. The van der Waals surface area contributed by atoms with Crippen molar-refractivity contribution in [1.29, 1.82) is 0 Å². The number of fused-ring (bicyclic) bond motifs is 2. The number of nitrogens with one attached hydrogen (secondary N) is 7. The molecular weight excluding hydrogens is 1140 g/mol. The fourth-order valence-electron chi connectivity index (χ4n) is 11.2. The van der Waals surface area contributed by atoms with Crippen LogP contribution in [-0.4, -0.2) is 139 Å². The number of nitrogens with zero attached hydrogens (tertiary/aromatic N) is 2. The van der Waals surface area contributed by atoms with E-state index >= 15 is 0 Å². The van der Waals surface area contributed by atoms with Crippen molar-refractivity contribution in [3.05, 3.63) is 60.7 Å². The van der Waals surface area contributed by atoms with Gasteiger partial charge in [0.25, 0.3) is 31.9 Å². The summed E-state index contributed by atoms with van der Waals surface area (Å²) in [7, 11) is -7.90. The van der Waals surface area contributed by atoms with Crippen molar-refractivity contribution >= 4 is 80.0 Å². The first kappa shape index (κ1) is 68.7. The smallest absolute Gasteiger partial charge is 0.326 e. The van der Waals surface area contributed by atoms with E-state index in [0.29, 0.717) is 25.9 Å². The first-order valence-corrected chi connectivity index (χ1v) is 31.0. The molecule has 0 spiro atoms. The molecule has 84 heavy (non-hydrogen) atoms. The van der Waals surface area contributed by atoms with Crippen LogP contribution in [0.15, 0.2) is 70.5 Å². The van der Waals surface area contributed by atoms with Crippen LogP contribution >= 0.6 is 12.4 Å². The number of hydrogen-bond donors (Lipinski definition) is 9. The molecule has 26 heteroatoms. The second-order valence-corrected chi connectivity index (χ2v) is 32.0. The van der Waals surface area contributed by atoms with Crippen LogP contribution in [0.1, 0.15) is 136 Å². The Morgan fingerprint density at radius 1 is 0.560 bits per heavy atom. The van der Waals surface area contributed by atoms with E-state index in [4.69, 9.17) is 5.73 Å². The molecule has 8 rings (SSSR count). The molecule has 9 amide bonds. The monoisotopic (exact) mass is 1230 g/mol. The zero-order chi connectivity index (χ0) is 62.8. The number of aliphatic carboxylic acids is 1. The molecule has 0 radical (unpaired) electrons.